The molecule has 0 bridgehead atoms. The fourth-order valence-corrected chi connectivity index (χ4v) is 4.38. The summed E-state index contributed by atoms with van der Waals surface area (Å²) in [6, 6.07) is 3.99. The predicted molar refractivity (Wildman–Crippen MR) is 129 cm³/mol. The number of aromatic nitrogens is 5. The van der Waals surface area contributed by atoms with Crippen LogP contribution in [0.4, 0.5) is 27.8 Å². The summed E-state index contributed by atoms with van der Waals surface area (Å²) in [5.74, 6) is 2.59. The lowest BCUT2D eigenvalue weighted by Crippen LogP contribution is -2.45. The molecule has 3 atom stereocenters. The summed E-state index contributed by atoms with van der Waals surface area (Å²) in [7, 11) is 0. The standard InChI is InChI=1S/C23H31FN8O2/c1-3-15(2)32-18-12-21(26-13-16(18)22(29-32)30-8-10-34-11-9-30)27-20-4-6-25-23(28-20)31-7-5-19(33)17(24)14-31/h4,6,12-13,15,17,19,33H,3,5,7-11,14H2,1-2H3,(H,25,26,27,28)/t15-,17-,19+/m0/s1. The van der Waals surface area contributed by atoms with E-state index in [2.05, 4.69) is 43.7 Å². The zero-order chi connectivity index (χ0) is 23.7. The molecule has 0 saturated carbocycles. The molecule has 2 saturated heterocycles. The number of halogens is 1. The van der Waals surface area contributed by atoms with Crippen LogP contribution in [0.3, 0.4) is 0 Å². The van der Waals surface area contributed by atoms with E-state index in [-0.39, 0.29) is 12.6 Å². The molecule has 0 amide bonds. The van der Waals surface area contributed by atoms with Gasteiger partial charge in [0, 0.05) is 44.1 Å². The Labute approximate surface area is 197 Å². The van der Waals surface area contributed by atoms with Gasteiger partial charge in [-0.05, 0) is 25.8 Å². The third-order valence-corrected chi connectivity index (χ3v) is 6.58. The van der Waals surface area contributed by atoms with Gasteiger partial charge in [-0.1, -0.05) is 6.92 Å². The van der Waals surface area contributed by atoms with E-state index in [4.69, 9.17) is 9.84 Å². The molecule has 0 unspecified atom stereocenters. The van der Waals surface area contributed by atoms with Gasteiger partial charge in [0.2, 0.25) is 5.95 Å². The highest BCUT2D eigenvalue weighted by Gasteiger charge is 2.29. The number of piperidine rings is 1. The number of alkyl halides is 1. The predicted octanol–water partition coefficient (Wildman–Crippen LogP) is 2.68. The van der Waals surface area contributed by atoms with Gasteiger partial charge in [-0.25, -0.2) is 14.4 Å². The molecule has 182 valence electrons. The number of hydrogen-bond donors (Lipinski definition) is 2. The SMILES string of the molecule is CC[C@H](C)n1nc(N2CCOCC2)c2cnc(Nc3ccnc(N4CC[C@@H](O)[C@@H](F)C4)n3)cc21. The summed E-state index contributed by atoms with van der Waals surface area (Å²) in [5, 5.41) is 18.9. The van der Waals surface area contributed by atoms with Gasteiger partial charge in [-0.2, -0.15) is 10.1 Å². The molecule has 0 aromatic carbocycles. The van der Waals surface area contributed by atoms with Gasteiger partial charge in [-0.15, -0.1) is 0 Å². The van der Waals surface area contributed by atoms with Gasteiger partial charge >= 0.3 is 0 Å². The number of fused-ring (bicyclic) bond motifs is 1. The Balaban J connectivity index is 1.42. The van der Waals surface area contributed by atoms with Crippen molar-refractivity contribution in [3.05, 3.63) is 24.5 Å². The Morgan fingerprint density at radius 1 is 1.21 bits per heavy atom. The number of aliphatic hydroxyl groups is 1. The fraction of sp³-hybridized carbons (Fsp3) is 0.565. The van der Waals surface area contributed by atoms with Crippen LogP contribution in [0.2, 0.25) is 0 Å². The molecule has 0 aliphatic carbocycles. The molecule has 2 fully saturated rings. The van der Waals surface area contributed by atoms with Crippen molar-refractivity contribution in [3.63, 3.8) is 0 Å². The Morgan fingerprint density at radius 3 is 2.79 bits per heavy atom. The van der Waals surface area contributed by atoms with Crippen LogP contribution in [-0.4, -0.2) is 81.5 Å². The number of anilines is 4. The van der Waals surface area contributed by atoms with Crippen molar-refractivity contribution in [1.82, 2.24) is 24.7 Å². The minimum atomic E-state index is -1.31. The van der Waals surface area contributed by atoms with E-state index in [0.717, 1.165) is 36.2 Å². The molecule has 2 N–H and O–H groups in total. The van der Waals surface area contributed by atoms with Crippen LogP contribution in [0.1, 0.15) is 32.7 Å². The van der Waals surface area contributed by atoms with Crippen molar-refractivity contribution in [2.75, 3.05) is 54.5 Å². The van der Waals surface area contributed by atoms with Gasteiger partial charge in [0.25, 0.3) is 0 Å². The van der Waals surface area contributed by atoms with Crippen LogP contribution in [0.25, 0.3) is 10.9 Å². The van der Waals surface area contributed by atoms with Crippen molar-refractivity contribution in [2.24, 2.45) is 0 Å². The molecule has 5 heterocycles. The molecule has 2 aliphatic rings. The Morgan fingerprint density at radius 2 is 2.03 bits per heavy atom. The molecule has 2 aliphatic heterocycles. The molecule has 0 spiro atoms. The van der Waals surface area contributed by atoms with Gasteiger partial charge < -0.3 is 25.0 Å². The van der Waals surface area contributed by atoms with Crippen LogP contribution >= 0.6 is 0 Å². The lowest BCUT2D eigenvalue weighted by molar-refractivity contribution is 0.0612. The minimum Gasteiger partial charge on any atom is -0.390 e. The number of pyridine rings is 1. The summed E-state index contributed by atoms with van der Waals surface area (Å²) < 4.78 is 21.6. The number of hydrogen-bond acceptors (Lipinski definition) is 9. The highest BCUT2D eigenvalue weighted by atomic mass is 19.1. The van der Waals surface area contributed by atoms with Crippen LogP contribution in [0.5, 0.6) is 0 Å². The van der Waals surface area contributed by atoms with E-state index in [1.165, 1.54) is 0 Å². The van der Waals surface area contributed by atoms with E-state index >= 15 is 0 Å². The first-order valence-corrected chi connectivity index (χ1v) is 11.9. The summed E-state index contributed by atoms with van der Waals surface area (Å²) >= 11 is 0. The van der Waals surface area contributed by atoms with Crippen molar-refractivity contribution < 1.29 is 14.2 Å². The maximum Gasteiger partial charge on any atom is 0.227 e. The minimum absolute atomic E-state index is 0.0766. The first kappa shape index (κ1) is 22.7. The van der Waals surface area contributed by atoms with Crippen LogP contribution < -0.4 is 15.1 Å². The van der Waals surface area contributed by atoms with Crippen molar-refractivity contribution in [2.45, 2.75) is 45.0 Å². The van der Waals surface area contributed by atoms with Crippen molar-refractivity contribution in [1.29, 1.82) is 0 Å². The molecule has 11 heteroatoms. The van der Waals surface area contributed by atoms with Gasteiger partial charge in [0.15, 0.2) is 5.82 Å². The topological polar surface area (TPSA) is 104 Å². The largest absolute Gasteiger partial charge is 0.390 e. The first-order valence-electron chi connectivity index (χ1n) is 11.9. The lowest BCUT2D eigenvalue weighted by Gasteiger charge is -2.32. The molecular weight excluding hydrogens is 439 g/mol. The van der Waals surface area contributed by atoms with Gasteiger partial charge in [0.1, 0.15) is 17.8 Å². The molecule has 5 rings (SSSR count). The number of nitrogens with one attached hydrogen (secondary N) is 1. The second-order valence-electron chi connectivity index (χ2n) is 8.90. The number of rotatable bonds is 6. The second kappa shape index (κ2) is 9.67. The van der Waals surface area contributed by atoms with Crippen molar-refractivity contribution >= 4 is 34.3 Å². The van der Waals surface area contributed by atoms with Crippen LogP contribution in [0, 0.1) is 0 Å². The maximum atomic E-state index is 14.0. The molecule has 34 heavy (non-hydrogen) atoms. The zero-order valence-electron chi connectivity index (χ0n) is 19.6. The van der Waals surface area contributed by atoms with E-state index in [9.17, 15) is 9.50 Å². The van der Waals surface area contributed by atoms with E-state index in [1.54, 1.807) is 17.2 Å². The second-order valence-corrected chi connectivity index (χ2v) is 8.90. The zero-order valence-corrected chi connectivity index (χ0v) is 19.6. The van der Waals surface area contributed by atoms with E-state index in [1.807, 2.05) is 12.3 Å². The highest BCUT2D eigenvalue weighted by molar-refractivity contribution is 5.92. The van der Waals surface area contributed by atoms with Gasteiger partial charge in [-0.3, -0.25) is 4.68 Å². The van der Waals surface area contributed by atoms with Crippen LogP contribution in [-0.2, 0) is 4.74 Å². The summed E-state index contributed by atoms with van der Waals surface area (Å²) in [5.41, 5.74) is 1.01. The lowest BCUT2D eigenvalue weighted by atomic mass is 10.1. The first-order chi connectivity index (χ1) is 16.5. The molecule has 0 radical (unpaired) electrons. The van der Waals surface area contributed by atoms with Crippen molar-refractivity contribution in [3.8, 4) is 0 Å². The van der Waals surface area contributed by atoms with E-state index in [0.29, 0.717) is 43.8 Å². The van der Waals surface area contributed by atoms with Gasteiger partial charge in [0.05, 0.1) is 36.8 Å². The monoisotopic (exact) mass is 470 g/mol. The Hall–Kier alpha value is -3.05. The third-order valence-electron chi connectivity index (χ3n) is 6.58. The number of ether oxygens (including phenoxy) is 1. The Kier molecular flexibility index (Phi) is 6.46. The summed E-state index contributed by atoms with van der Waals surface area (Å²) in [4.78, 5) is 17.5. The van der Waals surface area contributed by atoms with E-state index < -0.39 is 12.3 Å². The molecule has 3 aromatic rings. The summed E-state index contributed by atoms with van der Waals surface area (Å²) in [6.07, 6.45) is 2.58. The fourth-order valence-electron chi connectivity index (χ4n) is 4.38. The smallest absolute Gasteiger partial charge is 0.227 e. The quantitative estimate of drug-likeness (QED) is 0.563. The Bertz CT molecular complexity index is 1140. The molecule has 10 nitrogen and oxygen atoms in total. The highest BCUT2D eigenvalue weighted by Crippen LogP contribution is 2.31. The molecular formula is C23H31FN8O2. The molecule has 3 aromatic heterocycles. The van der Waals surface area contributed by atoms with Crippen LogP contribution in [0.15, 0.2) is 24.5 Å². The number of aliphatic hydroxyl groups excluding tert-OH is 1. The average Bonchev–Trinajstić information content (AvgIpc) is 3.25. The third kappa shape index (κ3) is 4.49. The summed E-state index contributed by atoms with van der Waals surface area (Å²) in [6.45, 7) is 7.90. The average molecular weight is 471 g/mol. The maximum absolute atomic E-state index is 14.0. The normalized spacial score (nSPS) is 22.2. The number of morpholine rings is 1. The number of nitrogens with zero attached hydrogens (tertiary/aromatic N) is 7.